The molecule has 0 bridgehead atoms. The Kier molecular flexibility index (Phi) is 4.10. The van der Waals surface area contributed by atoms with E-state index >= 15 is 0 Å². The SMILES string of the molecule is CNC(COc1ccc(C)cc1)(C(=O)OC)C1CC1. The molecular formula is C15H21NO3. The van der Waals surface area contributed by atoms with Gasteiger partial charge in [0.2, 0.25) is 0 Å². The zero-order chi connectivity index (χ0) is 13.9. The number of hydrogen-bond acceptors (Lipinski definition) is 4. The monoisotopic (exact) mass is 263 g/mol. The first-order valence-corrected chi connectivity index (χ1v) is 6.59. The number of benzene rings is 1. The Bertz CT molecular complexity index is 439. The summed E-state index contributed by atoms with van der Waals surface area (Å²) in [5, 5.41) is 3.11. The number of carbonyl (C=O) groups is 1. The molecule has 0 radical (unpaired) electrons. The highest BCUT2D eigenvalue weighted by Gasteiger charge is 2.51. The Morgan fingerprint density at radius 2 is 2.00 bits per heavy atom. The van der Waals surface area contributed by atoms with Crippen molar-refractivity contribution in [3.8, 4) is 5.75 Å². The van der Waals surface area contributed by atoms with Crippen LogP contribution in [0.25, 0.3) is 0 Å². The summed E-state index contributed by atoms with van der Waals surface area (Å²) >= 11 is 0. The topological polar surface area (TPSA) is 47.6 Å². The van der Waals surface area contributed by atoms with Crippen LogP contribution in [0, 0.1) is 12.8 Å². The number of aryl methyl sites for hydroxylation is 1. The first kappa shape index (κ1) is 13.9. The molecule has 0 amide bonds. The van der Waals surface area contributed by atoms with Crippen molar-refractivity contribution in [2.24, 2.45) is 5.92 Å². The smallest absolute Gasteiger partial charge is 0.329 e. The van der Waals surface area contributed by atoms with Gasteiger partial charge in [-0.25, -0.2) is 4.79 Å². The summed E-state index contributed by atoms with van der Waals surface area (Å²) in [7, 11) is 3.20. The van der Waals surface area contributed by atoms with Crippen molar-refractivity contribution < 1.29 is 14.3 Å². The van der Waals surface area contributed by atoms with Gasteiger partial charge in [-0.05, 0) is 44.9 Å². The second kappa shape index (κ2) is 5.61. The summed E-state index contributed by atoms with van der Waals surface area (Å²) in [5.74, 6) is 0.829. The average molecular weight is 263 g/mol. The minimum absolute atomic E-state index is 0.246. The fourth-order valence-corrected chi connectivity index (χ4v) is 2.31. The van der Waals surface area contributed by atoms with E-state index in [4.69, 9.17) is 9.47 Å². The highest BCUT2D eigenvalue weighted by molar-refractivity contribution is 5.82. The van der Waals surface area contributed by atoms with Crippen LogP contribution >= 0.6 is 0 Å². The van der Waals surface area contributed by atoms with Crippen LogP contribution < -0.4 is 10.1 Å². The van der Waals surface area contributed by atoms with Gasteiger partial charge in [-0.15, -0.1) is 0 Å². The van der Waals surface area contributed by atoms with Crippen molar-refractivity contribution in [1.82, 2.24) is 5.32 Å². The van der Waals surface area contributed by atoms with Crippen molar-refractivity contribution >= 4 is 5.97 Å². The van der Waals surface area contributed by atoms with Crippen LogP contribution in [0.2, 0.25) is 0 Å². The molecule has 0 aliphatic heterocycles. The Morgan fingerprint density at radius 3 is 2.47 bits per heavy atom. The molecule has 1 unspecified atom stereocenters. The molecule has 1 aliphatic rings. The van der Waals surface area contributed by atoms with E-state index in [1.54, 1.807) is 7.05 Å². The van der Waals surface area contributed by atoms with E-state index in [-0.39, 0.29) is 5.97 Å². The number of methoxy groups -OCH3 is 1. The van der Waals surface area contributed by atoms with Gasteiger partial charge in [0.15, 0.2) is 5.54 Å². The van der Waals surface area contributed by atoms with Gasteiger partial charge in [0.1, 0.15) is 12.4 Å². The molecule has 104 valence electrons. The molecule has 0 saturated heterocycles. The lowest BCUT2D eigenvalue weighted by Gasteiger charge is -2.30. The number of ether oxygens (including phenoxy) is 2. The maximum absolute atomic E-state index is 12.1. The predicted octanol–water partition coefficient (Wildman–Crippen LogP) is 1.92. The highest BCUT2D eigenvalue weighted by Crippen LogP contribution is 2.40. The average Bonchev–Trinajstić information content (AvgIpc) is 3.26. The second-order valence-corrected chi connectivity index (χ2v) is 5.09. The molecule has 19 heavy (non-hydrogen) atoms. The van der Waals surface area contributed by atoms with Crippen molar-refractivity contribution in [3.05, 3.63) is 29.8 Å². The summed E-state index contributed by atoms with van der Waals surface area (Å²) in [6, 6.07) is 7.82. The number of rotatable bonds is 6. The summed E-state index contributed by atoms with van der Waals surface area (Å²) in [5.41, 5.74) is 0.460. The predicted molar refractivity (Wildman–Crippen MR) is 73.2 cm³/mol. The fraction of sp³-hybridized carbons (Fsp3) is 0.533. The standard InChI is InChI=1S/C15H21NO3/c1-11-4-8-13(9-5-11)19-10-15(16-2,12-6-7-12)14(17)18-3/h4-5,8-9,12,16H,6-7,10H2,1-3H3. The normalized spacial score (nSPS) is 17.6. The van der Waals surface area contributed by atoms with E-state index in [1.807, 2.05) is 31.2 Å². The summed E-state index contributed by atoms with van der Waals surface area (Å²) in [4.78, 5) is 12.1. The van der Waals surface area contributed by atoms with Crippen LogP contribution in [0.15, 0.2) is 24.3 Å². The van der Waals surface area contributed by atoms with Gasteiger partial charge in [-0.1, -0.05) is 17.7 Å². The molecule has 1 saturated carbocycles. The molecule has 1 atom stereocenters. The van der Waals surface area contributed by atoms with E-state index in [1.165, 1.54) is 12.7 Å². The second-order valence-electron chi connectivity index (χ2n) is 5.09. The number of carbonyl (C=O) groups excluding carboxylic acids is 1. The molecule has 1 aromatic rings. The minimum atomic E-state index is -0.723. The molecule has 1 N–H and O–H groups in total. The van der Waals surface area contributed by atoms with Crippen molar-refractivity contribution in [3.63, 3.8) is 0 Å². The molecular weight excluding hydrogens is 242 g/mol. The molecule has 0 spiro atoms. The quantitative estimate of drug-likeness (QED) is 0.797. The number of esters is 1. The third-order valence-electron chi connectivity index (χ3n) is 3.76. The molecule has 2 rings (SSSR count). The summed E-state index contributed by atoms with van der Waals surface area (Å²) in [6.07, 6.45) is 2.07. The van der Waals surface area contributed by atoms with Crippen LogP contribution in [-0.4, -0.2) is 32.3 Å². The number of hydrogen-bond donors (Lipinski definition) is 1. The summed E-state index contributed by atoms with van der Waals surface area (Å²) < 4.78 is 10.7. The van der Waals surface area contributed by atoms with E-state index in [0.717, 1.165) is 18.6 Å². The third-order valence-corrected chi connectivity index (χ3v) is 3.76. The molecule has 4 heteroatoms. The first-order chi connectivity index (χ1) is 9.12. The first-order valence-electron chi connectivity index (χ1n) is 6.59. The zero-order valence-corrected chi connectivity index (χ0v) is 11.7. The Hall–Kier alpha value is -1.55. The maximum atomic E-state index is 12.1. The van der Waals surface area contributed by atoms with Gasteiger partial charge >= 0.3 is 5.97 Å². The van der Waals surface area contributed by atoms with Crippen LogP contribution in [0.4, 0.5) is 0 Å². The van der Waals surface area contributed by atoms with Crippen molar-refractivity contribution in [2.75, 3.05) is 20.8 Å². The van der Waals surface area contributed by atoms with E-state index < -0.39 is 5.54 Å². The molecule has 0 heterocycles. The van der Waals surface area contributed by atoms with E-state index in [2.05, 4.69) is 5.32 Å². The highest BCUT2D eigenvalue weighted by atomic mass is 16.5. The Labute approximate surface area is 114 Å². The van der Waals surface area contributed by atoms with Crippen LogP contribution in [-0.2, 0) is 9.53 Å². The molecule has 1 aliphatic carbocycles. The lowest BCUT2D eigenvalue weighted by Crippen LogP contribution is -2.57. The lowest BCUT2D eigenvalue weighted by molar-refractivity contribution is -0.151. The fourth-order valence-electron chi connectivity index (χ4n) is 2.31. The largest absolute Gasteiger partial charge is 0.491 e. The van der Waals surface area contributed by atoms with Crippen LogP contribution in [0.3, 0.4) is 0 Å². The maximum Gasteiger partial charge on any atom is 0.329 e. The molecule has 4 nitrogen and oxygen atoms in total. The van der Waals surface area contributed by atoms with Gasteiger partial charge < -0.3 is 14.8 Å². The van der Waals surface area contributed by atoms with E-state index in [0.29, 0.717) is 12.5 Å². The zero-order valence-electron chi connectivity index (χ0n) is 11.7. The molecule has 1 fully saturated rings. The number of nitrogens with one attached hydrogen (secondary N) is 1. The van der Waals surface area contributed by atoms with Gasteiger partial charge in [0, 0.05) is 0 Å². The van der Waals surface area contributed by atoms with Crippen LogP contribution in [0.1, 0.15) is 18.4 Å². The van der Waals surface area contributed by atoms with Gasteiger partial charge in [-0.2, -0.15) is 0 Å². The Morgan fingerprint density at radius 1 is 1.37 bits per heavy atom. The van der Waals surface area contributed by atoms with Gasteiger partial charge in [0.25, 0.3) is 0 Å². The molecule has 1 aromatic carbocycles. The third kappa shape index (κ3) is 2.89. The van der Waals surface area contributed by atoms with Gasteiger partial charge in [-0.3, -0.25) is 0 Å². The number of likely N-dealkylation sites (N-methyl/N-ethyl adjacent to an activating group) is 1. The van der Waals surface area contributed by atoms with Gasteiger partial charge in [0.05, 0.1) is 7.11 Å². The minimum Gasteiger partial charge on any atom is -0.491 e. The van der Waals surface area contributed by atoms with Crippen LogP contribution in [0.5, 0.6) is 5.75 Å². The molecule has 0 aromatic heterocycles. The lowest BCUT2D eigenvalue weighted by atomic mass is 9.94. The van der Waals surface area contributed by atoms with Crippen molar-refractivity contribution in [1.29, 1.82) is 0 Å². The Balaban J connectivity index is 2.08. The summed E-state index contributed by atoms with van der Waals surface area (Å²) in [6.45, 7) is 2.32. The van der Waals surface area contributed by atoms with E-state index in [9.17, 15) is 4.79 Å². The van der Waals surface area contributed by atoms with Crippen molar-refractivity contribution in [2.45, 2.75) is 25.3 Å².